The van der Waals surface area contributed by atoms with Gasteiger partial charge in [-0.15, -0.1) is 10.2 Å². The standard InChI is InChI=1S/C20H28N4O2S2/c1-15(2)24(12-18-5-3-4-10-26-18)11-16-6-8-17(9-7-16)22-19(25)13-27-20-23-21-14-28-20/h6-9,14-15,18H,3-5,10-13H2,1-2H3,(H,22,25). The van der Waals surface area contributed by atoms with Crippen molar-refractivity contribution in [3.63, 3.8) is 0 Å². The Morgan fingerprint density at radius 3 is 2.82 bits per heavy atom. The maximum absolute atomic E-state index is 12.1. The second kappa shape index (κ2) is 10.9. The average molecular weight is 421 g/mol. The average Bonchev–Trinajstić information content (AvgIpc) is 3.22. The molecule has 0 radical (unpaired) electrons. The molecule has 1 aliphatic heterocycles. The van der Waals surface area contributed by atoms with Crippen molar-refractivity contribution in [3.05, 3.63) is 35.3 Å². The fourth-order valence-electron chi connectivity index (χ4n) is 3.15. The molecule has 1 aromatic heterocycles. The van der Waals surface area contributed by atoms with Gasteiger partial charge >= 0.3 is 0 Å². The summed E-state index contributed by atoms with van der Waals surface area (Å²) in [6.07, 6.45) is 3.95. The van der Waals surface area contributed by atoms with Crippen molar-refractivity contribution in [1.29, 1.82) is 0 Å². The fourth-order valence-corrected chi connectivity index (χ4v) is 4.44. The zero-order valence-corrected chi connectivity index (χ0v) is 18.1. The summed E-state index contributed by atoms with van der Waals surface area (Å²) in [6, 6.07) is 8.58. The molecule has 0 aliphatic carbocycles. The Morgan fingerprint density at radius 1 is 1.36 bits per heavy atom. The van der Waals surface area contributed by atoms with Gasteiger partial charge in [0, 0.05) is 31.4 Å². The summed E-state index contributed by atoms with van der Waals surface area (Å²) < 4.78 is 6.72. The van der Waals surface area contributed by atoms with Crippen LogP contribution in [-0.4, -0.2) is 52.1 Å². The van der Waals surface area contributed by atoms with Gasteiger partial charge in [0.05, 0.1) is 11.9 Å². The lowest BCUT2D eigenvalue weighted by Gasteiger charge is -2.32. The van der Waals surface area contributed by atoms with Crippen LogP contribution in [0.2, 0.25) is 0 Å². The number of nitrogens with zero attached hydrogens (tertiary/aromatic N) is 3. The Kier molecular flexibility index (Phi) is 8.27. The van der Waals surface area contributed by atoms with Gasteiger partial charge in [-0.05, 0) is 50.8 Å². The largest absolute Gasteiger partial charge is 0.377 e. The van der Waals surface area contributed by atoms with E-state index >= 15 is 0 Å². The van der Waals surface area contributed by atoms with Crippen molar-refractivity contribution in [3.8, 4) is 0 Å². The van der Waals surface area contributed by atoms with Crippen LogP contribution in [0.4, 0.5) is 5.69 Å². The van der Waals surface area contributed by atoms with Crippen molar-refractivity contribution >= 4 is 34.7 Å². The highest BCUT2D eigenvalue weighted by molar-refractivity contribution is 8.01. The van der Waals surface area contributed by atoms with E-state index in [-0.39, 0.29) is 5.91 Å². The maximum atomic E-state index is 12.1. The van der Waals surface area contributed by atoms with Crippen LogP contribution >= 0.6 is 23.1 Å². The minimum absolute atomic E-state index is 0.0359. The minimum Gasteiger partial charge on any atom is -0.377 e. The van der Waals surface area contributed by atoms with Crippen molar-refractivity contribution in [1.82, 2.24) is 15.1 Å². The predicted octanol–water partition coefficient (Wildman–Crippen LogP) is 4.05. The third-order valence-corrected chi connectivity index (χ3v) is 6.59. The molecule has 6 nitrogen and oxygen atoms in total. The van der Waals surface area contributed by atoms with Gasteiger partial charge in [-0.3, -0.25) is 9.69 Å². The van der Waals surface area contributed by atoms with E-state index < -0.39 is 0 Å². The molecule has 1 atom stereocenters. The summed E-state index contributed by atoms with van der Waals surface area (Å²) in [5.41, 5.74) is 3.73. The number of ether oxygens (including phenoxy) is 1. The van der Waals surface area contributed by atoms with Gasteiger partial charge in [-0.1, -0.05) is 35.2 Å². The molecule has 8 heteroatoms. The number of thioether (sulfide) groups is 1. The number of anilines is 1. The van der Waals surface area contributed by atoms with E-state index in [1.54, 1.807) is 5.51 Å². The molecular formula is C20H28N4O2S2. The fraction of sp³-hybridized carbons (Fsp3) is 0.550. The van der Waals surface area contributed by atoms with Gasteiger partial charge < -0.3 is 10.1 Å². The Bertz CT molecular complexity index is 716. The van der Waals surface area contributed by atoms with Crippen LogP contribution in [0.1, 0.15) is 38.7 Å². The third-order valence-electron chi connectivity index (χ3n) is 4.73. The Hall–Kier alpha value is -1.48. The molecule has 1 saturated heterocycles. The number of rotatable bonds is 9. The lowest BCUT2D eigenvalue weighted by atomic mass is 10.1. The Balaban J connectivity index is 1.48. The summed E-state index contributed by atoms with van der Waals surface area (Å²) >= 11 is 2.84. The van der Waals surface area contributed by atoms with Crippen molar-refractivity contribution < 1.29 is 9.53 Å². The summed E-state index contributed by atoms with van der Waals surface area (Å²) in [7, 11) is 0. The number of hydrogen-bond donors (Lipinski definition) is 1. The Morgan fingerprint density at radius 2 is 2.18 bits per heavy atom. The molecule has 0 saturated carbocycles. The molecule has 1 aliphatic rings. The van der Waals surface area contributed by atoms with E-state index in [0.29, 0.717) is 17.9 Å². The first-order valence-electron chi connectivity index (χ1n) is 9.73. The second-order valence-corrected chi connectivity index (χ2v) is 9.31. The van der Waals surface area contributed by atoms with Crippen molar-refractivity contribution in [2.75, 3.05) is 24.2 Å². The molecule has 1 amide bonds. The van der Waals surface area contributed by atoms with Gasteiger partial charge in [0.25, 0.3) is 0 Å². The zero-order valence-electron chi connectivity index (χ0n) is 16.5. The smallest absolute Gasteiger partial charge is 0.234 e. The van der Waals surface area contributed by atoms with Gasteiger partial charge in [-0.25, -0.2) is 0 Å². The summed E-state index contributed by atoms with van der Waals surface area (Å²) in [5.74, 6) is 0.297. The van der Waals surface area contributed by atoms with E-state index in [0.717, 1.165) is 36.1 Å². The molecule has 3 rings (SSSR count). The number of carbonyl (C=O) groups excluding carboxylic acids is 1. The second-order valence-electron chi connectivity index (χ2n) is 7.25. The lowest BCUT2D eigenvalue weighted by Crippen LogP contribution is -2.39. The van der Waals surface area contributed by atoms with Gasteiger partial charge in [-0.2, -0.15) is 0 Å². The molecule has 1 N–H and O–H groups in total. The summed E-state index contributed by atoms with van der Waals surface area (Å²) in [5, 5.41) is 10.6. The number of benzene rings is 1. The molecular weight excluding hydrogens is 392 g/mol. The predicted molar refractivity (Wildman–Crippen MR) is 115 cm³/mol. The molecule has 1 unspecified atom stereocenters. The molecule has 0 spiro atoms. The highest BCUT2D eigenvalue weighted by atomic mass is 32.2. The van der Waals surface area contributed by atoms with E-state index in [9.17, 15) is 4.79 Å². The van der Waals surface area contributed by atoms with E-state index in [1.807, 2.05) is 12.1 Å². The summed E-state index contributed by atoms with van der Waals surface area (Å²) in [4.78, 5) is 14.5. The highest BCUT2D eigenvalue weighted by Crippen LogP contribution is 2.20. The molecule has 28 heavy (non-hydrogen) atoms. The maximum Gasteiger partial charge on any atom is 0.234 e. The lowest BCUT2D eigenvalue weighted by molar-refractivity contribution is -0.113. The van der Waals surface area contributed by atoms with Crippen LogP contribution < -0.4 is 5.32 Å². The third kappa shape index (κ3) is 6.84. The topological polar surface area (TPSA) is 67.4 Å². The van der Waals surface area contributed by atoms with Crippen LogP contribution in [0.5, 0.6) is 0 Å². The summed E-state index contributed by atoms with van der Waals surface area (Å²) in [6.45, 7) is 7.21. The molecule has 152 valence electrons. The number of aromatic nitrogens is 2. The number of hydrogen-bond acceptors (Lipinski definition) is 7. The molecule has 0 bridgehead atoms. The normalized spacial score (nSPS) is 17.2. The monoisotopic (exact) mass is 420 g/mol. The number of amides is 1. The van der Waals surface area contributed by atoms with E-state index in [2.05, 4.69) is 46.4 Å². The Labute approximate surface area is 175 Å². The first-order valence-corrected chi connectivity index (χ1v) is 11.6. The SMILES string of the molecule is CC(C)N(Cc1ccc(NC(=O)CSc2nncs2)cc1)CC1CCCCO1. The van der Waals surface area contributed by atoms with Gasteiger partial charge in [0.15, 0.2) is 4.34 Å². The van der Waals surface area contributed by atoms with Crippen molar-refractivity contribution in [2.45, 2.75) is 56.1 Å². The van der Waals surface area contributed by atoms with Gasteiger partial charge in [0.1, 0.15) is 5.51 Å². The molecule has 2 aromatic rings. The molecule has 2 heterocycles. The molecule has 1 aromatic carbocycles. The van der Waals surface area contributed by atoms with Gasteiger partial charge in [0.2, 0.25) is 5.91 Å². The number of nitrogens with one attached hydrogen (secondary N) is 1. The first kappa shape index (κ1) is 21.2. The minimum atomic E-state index is -0.0359. The van der Waals surface area contributed by atoms with Crippen LogP contribution in [-0.2, 0) is 16.1 Å². The van der Waals surface area contributed by atoms with Crippen molar-refractivity contribution in [2.24, 2.45) is 0 Å². The van der Waals surface area contributed by atoms with E-state index in [4.69, 9.17) is 4.74 Å². The van der Waals surface area contributed by atoms with Crippen LogP contribution in [0.25, 0.3) is 0 Å². The van der Waals surface area contributed by atoms with E-state index in [1.165, 1.54) is 41.5 Å². The molecule has 1 fully saturated rings. The number of carbonyl (C=O) groups is 1. The first-order chi connectivity index (χ1) is 13.6. The van der Waals surface area contributed by atoms with Crippen LogP contribution in [0.15, 0.2) is 34.1 Å². The van der Waals surface area contributed by atoms with Crippen LogP contribution in [0.3, 0.4) is 0 Å². The van der Waals surface area contributed by atoms with Crippen LogP contribution in [0, 0.1) is 0 Å². The zero-order chi connectivity index (χ0) is 19.8. The highest BCUT2D eigenvalue weighted by Gasteiger charge is 2.19. The quantitative estimate of drug-likeness (QED) is 0.618.